The Balaban J connectivity index is 2.36. The van der Waals surface area contributed by atoms with Gasteiger partial charge >= 0.3 is 0 Å². The summed E-state index contributed by atoms with van der Waals surface area (Å²) in [5.74, 6) is 1.74. The molecule has 1 aliphatic carbocycles. The van der Waals surface area contributed by atoms with E-state index in [0.717, 1.165) is 11.8 Å². The first kappa shape index (κ1) is 13.0. The summed E-state index contributed by atoms with van der Waals surface area (Å²) in [5, 5.41) is 0. The van der Waals surface area contributed by atoms with Crippen LogP contribution in [0.4, 0.5) is 0 Å². The number of unbranched alkanes of at least 4 members (excludes halogenated alkanes) is 1. The van der Waals surface area contributed by atoms with Gasteiger partial charge in [0, 0.05) is 5.54 Å². The fourth-order valence-corrected chi connectivity index (χ4v) is 3.14. The van der Waals surface area contributed by atoms with E-state index < -0.39 is 0 Å². The molecule has 0 aromatic heterocycles. The first-order chi connectivity index (χ1) is 7.09. The van der Waals surface area contributed by atoms with Gasteiger partial charge in [-0.1, -0.05) is 46.5 Å². The molecule has 1 fully saturated rings. The zero-order valence-electron chi connectivity index (χ0n) is 10.9. The summed E-state index contributed by atoms with van der Waals surface area (Å²) in [4.78, 5) is 0. The minimum absolute atomic E-state index is 0.188. The number of rotatable bonds is 6. The molecule has 0 amide bonds. The highest BCUT2D eigenvalue weighted by molar-refractivity contribution is 4.93. The molecule has 0 aromatic rings. The molecule has 1 rings (SSSR count). The number of hydrogen-bond acceptors (Lipinski definition) is 1. The SMILES string of the molecule is CCCCC(CC)CC1(N)CCC(C)C1. The van der Waals surface area contributed by atoms with E-state index in [4.69, 9.17) is 5.73 Å². The van der Waals surface area contributed by atoms with Gasteiger partial charge in [-0.3, -0.25) is 0 Å². The molecule has 1 saturated carbocycles. The summed E-state index contributed by atoms with van der Waals surface area (Å²) in [6.45, 7) is 6.95. The van der Waals surface area contributed by atoms with Crippen LogP contribution in [0.15, 0.2) is 0 Å². The maximum absolute atomic E-state index is 6.50. The lowest BCUT2D eigenvalue weighted by Gasteiger charge is -2.29. The van der Waals surface area contributed by atoms with Crippen LogP contribution < -0.4 is 5.73 Å². The monoisotopic (exact) mass is 211 g/mol. The van der Waals surface area contributed by atoms with E-state index in [-0.39, 0.29) is 5.54 Å². The van der Waals surface area contributed by atoms with Crippen LogP contribution in [0.2, 0.25) is 0 Å². The van der Waals surface area contributed by atoms with E-state index in [1.54, 1.807) is 0 Å². The van der Waals surface area contributed by atoms with E-state index in [1.165, 1.54) is 51.4 Å². The molecule has 1 heteroatoms. The van der Waals surface area contributed by atoms with E-state index >= 15 is 0 Å². The Labute approximate surface area is 95.8 Å². The highest BCUT2D eigenvalue weighted by Crippen LogP contribution is 2.38. The van der Waals surface area contributed by atoms with Gasteiger partial charge in [0.25, 0.3) is 0 Å². The molecule has 0 radical (unpaired) electrons. The van der Waals surface area contributed by atoms with Crippen molar-refractivity contribution in [2.45, 2.75) is 77.7 Å². The van der Waals surface area contributed by atoms with Crippen LogP contribution in [0, 0.1) is 11.8 Å². The zero-order valence-corrected chi connectivity index (χ0v) is 10.9. The van der Waals surface area contributed by atoms with Crippen molar-refractivity contribution >= 4 is 0 Å². The Hall–Kier alpha value is -0.0400. The highest BCUT2D eigenvalue weighted by atomic mass is 14.8. The molecule has 15 heavy (non-hydrogen) atoms. The van der Waals surface area contributed by atoms with Gasteiger partial charge in [-0.25, -0.2) is 0 Å². The molecule has 90 valence electrons. The lowest BCUT2D eigenvalue weighted by molar-refractivity contribution is 0.291. The third-order valence-corrected chi connectivity index (χ3v) is 4.13. The summed E-state index contributed by atoms with van der Waals surface area (Å²) < 4.78 is 0. The van der Waals surface area contributed by atoms with Crippen molar-refractivity contribution in [3.63, 3.8) is 0 Å². The van der Waals surface area contributed by atoms with Gasteiger partial charge in [0.1, 0.15) is 0 Å². The fourth-order valence-electron chi connectivity index (χ4n) is 3.14. The molecule has 1 nitrogen and oxygen atoms in total. The van der Waals surface area contributed by atoms with Crippen LogP contribution in [-0.2, 0) is 0 Å². The van der Waals surface area contributed by atoms with Crippen molar-refractivity contribution in [1.29, 1.82) is 0 Å². The van der Waals surface area contributed by atoms with Crippen LogP contribution in [0.3, 0.4) is 0 Å². The Bertz CT molecular complexity index is 178. The smallest absolute Gasteiger partial charge is 0.0159 e. The van der Waals surface area contributed by atoms with Gasteiger partial charge in [0.05, 0.1) is 0 Å². The molecule has 0 spiro atoms. The summed E-state index contributed by atoms with van der Waals surface area (Å²) >= 11 is 0. The molecule has 0 aliphatic heterocycles. The predicted octanol–water partition coefficient (Wildman–Crippen LogP) is 4.11. The average molecular weight is 211 g/mol. The Morgan fingerprint density at radius 3 is 2.60 bits per heavy atom. The molecule has 0 aromatic carbocycles. The highest BCUT2D eigenvalue weighted by Gasteiger charge is 2.34. The van der Waals surface area contributed by atoms with E-state index in [9.17, 15) is 0 Å². The van der Waals surface area contributed by atoms with Gasteiger partial charge in [0.15, 0.2) is 0 Å². The van der Waals surface area contributed by atoms with Gasteiger partial charge in [-0.15, -0.1) is 0 Å². The van der Waals surface area contributed by atoms with E-state index in [1.807, 2.05) is 0 Å². The van der Waals surface area contributed by atoms with Crippen molar-refractivity contribution in [2.75, 3.05) is 0 Å². The summed E-state index contributed by atoms with van der Waals surface area (Å²) in [5.41, 5.74) is 6.69. The third-order valence-electron chi connectivity index (χ3n) is 4.13. The quantitative estimate of drug-likeness (QED) is 0.703. The van der Waals surface area contributed by atoms with Gasteiger partial charge in [0.2, 0.25) is 0 Å². The van der Waals surface area contributed by atoms with Gasteiger partial charge in [-0.05, 0) is 37.5 Å². The second-order valence-electron chi connectivity index (χ2n) is 5.83. The summed E-state index contributed by atoms with van der Waals surface area (Å²) in [6.07, 6.45) is 10.5. The Morgan fingerprint density at radius 2 is 2.13 bits per heavy atom. The fraction of sp³-hybridized carbons (Fsp3) is 1.00. The normalized spacial score (nSPS) is 33.2. The van der Waals surface area contributed by atoms with Crippen LogP contribution in [0.25, 0.3) is 0 Å². The van der Waals surface area contributed by atoms with Crippen molar-refractivity contribution in [1.82, 2.24) is 0 Å². The largest absolute Gasteiger partial charge is 0.325 e. The second kappa shape index (κ2) is 5.89. The van der Waals surface area contributed by atoms with Crippen molar-refractivity contribution in [3.8, 4) is 0 Å². The molecular weight excluding hydrogens is 182 g/mol. The lowest BCUT2D eigenvalue weighted by Crippen LogP contribution is -2.38. The van der Waals surface area contributed by atoms with E-state index in [2.05, 4.69) is 20.8 Å². The van der Waals surface area contributed by atoms with Gasteiger partial charge in [-0.2, -0.15) is 0 Å². The molecule has 0 heterocycles. The maximum atomic E-state index is 6.50. The molecule has 2 N–H and O–H groups in total. The van der Waals surface area contributed by atoms with Crippen LogP contribution in [0.5, 0.6) is 0 Å². The van der Waals surface area contributed by atoms with Crippen molar-refractivity contribution in [3.05, 3.63) is 0 Å². The van der Waals surface area contributed by atoms with Crippen LogP contribution in [-0.4, -0.2) is 5.54 Å². The molecule has 0 saturated heterocycles. The lowest BCUT2D eigenvalue weighted by atomic mass is 9.82. The predicted molar refractivity (Wildman–Crippen MR) is 67.9 cm³/mol. The third kappa shape index (κ3) is 4.14. The molecular formula is C14H29N. The molecule has 1 aliphatic rings. The van der Waals surface area contributed by atoms with Crippen LogP contribution in [0.1, 0.15) is 72.1 Å². The minimum Gasteiger partial charge on any atom is -0.325 e. The second-order valence-corrected chi connectivity index (χ2v) is 5.83. The first-order valence-corrected chi connectivity index (χ1v) is 6.88. The maximum Gasteiger partial charge on any atom is 0.0159 e. The Morgan fingerprint density at radius 1 is 1.40 bits per heavy atom. The van der Waals surface area contributed by atoms with E-state index in [0.29, 0.717) is 0 Å². The molecule has 3 atom stereocenters. The van der Waals surface area contributed by atoms with Crippen LogP contribution >= 0.6 is 0 Å². The summed E-state index contributed by atoms with van der Waals surface area (Å²) in [6, 6.07) is 0. The van der Waals surface area contributed by atoms with Crippen molar-refractivity contribution < 1.29 is 0 Å². The van der Waals surface area contributed by atoms with Crippen molar-refractivity contribution in [2.24, 2.45) is 17.6 Å². The topological polar surface area (TPSA) is 26.0 Å². The summed E-state index contributed by atoms with van der Waals surface area (Å²) in [7, 11) is 0. The Kier molecular flexibility index (Phi) is 5.11. The first-order valence-electron chi connectivity index (χ1n) is 6.88. The molecule has 0 bridgehead atoms. The number of hydrogen-bond donors (Lipinski definition) is 1. The number of nitrogens with two attached hydrogens (primary N) is 1. The standard InChI is InChI=1S/C14H29N/c1-4-6-7-13(5-2)11-14(15)9-8-12(3)10-14/h12-13H,4-11,15H2,1-3H3. The minimum atomic E-state index is 0.188. The zero-order chi connectivity index (χ0) is 11.3. The van der Waals surface area contributed by atoms with Gasteiger partial charge < -0.3 is 5.73 Å². The average Bonchev–Trinajstić information content (AvgIpc) is 2.53. The molecule has 3 unspecified atom stereocenters.